The third-order valence-electron chi connectivity index (χ3n) is 3.40. The van der Waals surface area contributed by atoms with Gasteiger partial charge in [-0.25, -0.2) is 9.97 Å². The van der Waals surface area contributed by atoms with Gasteiger partial charge in [-0.2, -0.15) is 0 Å². The van der Waals surface area contributed by atoms with Crippen molar-refractivity contribution in [3.05, 3.63) is 35.1 Å². The largest absolute Gasteiger partial charge is 0.393 e. The Kier molecular flexibility index (Phi) is 4.85. The van der Waals surface area contributed by atoms with E-state index in [1.54, 1.807) is 0 Å². The van der Waals surface area contributed by atoms with Gasteiger partial charge >= 0.3 is 0 Å². The molecule has 0 aliphatic heterocycles. The van der Waals surface area contributed by atoms with Crippen molar-refractivity contribution in [3.63, 3.8) is 0 Å². The average molecular weight is 306 g/mol. The van der Waals surface area contributed by atoms with Gasteiger partial charge in [0.2, 0.25) is 0 Å². The highest BCUT2D eigenvalue weighted by Gasteiger charge is 2.11. The molecule has 4 N–H and O–H groups in total. The number of halogens is 1. The Morgan fingerprint density at radius 2 is 2.00 bits per heavy atom. The Bertz CT molecular complexity index is 629. The summed E-state index contributed by atoms with van der Waals surface area (Å²) in [6, 6.07) is 5.96. The van der Waals surface area contributed by atoms with Crippen molar-refractivity contribution in [2.75, 3.05) is 16.4 Å². The molecular weight excluding hydrogens is 286 g/mol. The molecule has 2 rings (SSSR count). The SMILES string of the molecule is CCC(C)Nc1ncnc(Nc2cccc(Cl)c2C)c1N. The lowest BCUT2D eigenvalue weighted by Crippen LogP contribution is -2.16. The Morgan fingerprint density at radius 3 is 2.71 bits per heavy atom. The first-order chi connectivity index (χ1) is 10.0. The van der Waals surface area contributed by atoms with Crippen LogP contribution in [0.25, 0.3) is 0 Å². The molecule has 0 saturated heterocycles. The van der Waals surface area contributed by atoms with Crippen LogP contribution in [0.15, 0.2) is 24.5 Å². The van der Waals surface area contributed by atoms with Crippen molar-refractivity contribution in [3.8, 4) is 0 Å². The molecule has 0 saturated carbocycles. The molecule has 5 nitrogen and oxygen atoms in total. The minimum atomic E-state index is 0.294. The lowest BCUT2D eigenvalue weighted by Gasteiger charge is -2.16. The highest BCUT2D eigenvalue weighted by atomic mass is 35.5. The van der Waals surface area contributed by atoms with Crippen molar-refractivity contribution in [1.82, 2.24) is 9.97 Å². The van der Waals surface area contributed by atoms with E-state index in [0.717, 1.165) is 17.7 Å². The van der Waals surface area contributed by atoms with Crippen LogP contribution in [0.3, 0.4) is 0 Å². The number of hydrogen-bond donors (Lipinski definition) is 3. The van der Waals surface area contributed by atoms with Gasteiger partial charge in [0.05, 0.1) is 0 Å². The number of nitrogens with one attached hydrogen (secondary N) is 2. The van der Waals surface area contributed by atoms with E-state index in [0.29, 0.717) is 28.4 Å². The first-order valence-electron chi connectivity index (χ1n) is 6.92. The number of hydrogen-bond acceptors (Lipinski definition) is 5. The standard InChI is InChI=1S/C15H20ClN5/c1-4-9(2)20-14-13(17)15(19-8-18-14)21-12-7-5-6-11(16)10(12)3/h5-9H,4,17H2,1-3H3,(H2,18,19,20,21). The zero-order valence-corrected chi connectivity index (χ0v) is 13.2. The average Bonchev–Trinajstić information content (AvgIpc) is 2.47. The molecule has 1 aromatic heterocycles. The van der Waals surface area contributed by atoms with Crippen molar-refractivity contribution in [2.45, 2.75) is 33.2 Å². The lowest BCUT2D eigenvalue weighted by atomic mass is 10.2. The van der Waals surface area contributed by atoms with Gasteiger partial charge in [0.25, 0.3) is 0 Å². The molecule has 0 amide bonds. The number of anilines is 4. The van der Waals surface area contributed by atoms with Crippen LogP contribution in [0.5, 0.6) is 0 Å². The Morgan fingerprint density at radius 1 is 1.29 bits per heavy atom. The second-order valence-corrected chi connectivity index (χ2v) is 5.38. The van der Waals surface area contributed by atoms with E-state index < -0.39 is 0 Å². The first-order valence-corrected chi connectivity index (χ1v) is 7.29. The van der Waals surface area contributed by atoms with Crippen LogP contribution >= 0.6 is 11.6 Å². The highest BCUT2D eigenvalue weighted by Crippen LogP contribution is 2.30. The van der Waals surface area contributed by atoms with Gasteiger partial charge in [-0.1, -0.05) is 24.6 Å². The van der Waals surface area contributed by atoms with Crippen LogP contribution in [0.2, 0.25) is 5.02 Å². The van der Waals surface area contributed by atoms with Crippen LogP contribution in [0.4, 0.5) is 23.0 Å². The summed E-state index contributed by atoms with van der Waals surface area (Å²) in [6.45, 7) is 6.12. The summed E-state index contributed by atoms with van der Waals surface area (Å²) >= 11 is 6.12. The molecule has 2 aromatic rings. The molecule has 0 bridgehead atoms. The predicted octanol–water partition coefficient (Wildman–Crippen LogP) is 3.97. The number of nitrogens with two attached hydrogens (primary N) is 1. The van der Waals surface area contributed by atoms with E-state index in [2.05, 4.69) is 34.4 Å². The Hall–Kier alpha value is -2.01. The Balaban J connectivity index is 2.28. The molecule has 1 atom stereocenters. The number of rotatable bonds is 5. The third kappa shape index (κ3) is 3.55. The van der Waals surface area contributed by atoms with Gasteiger partial charge in [0.1, 0.15) is 12.0 Å². The number of nitrogens with zero attached hydrogens (tertiary/aromatic N) is 2. The van der Waals surface area contributed by atoms with E-state index in [1.807, 2.05) is 25.1 Å². The maximum atomic E-state index is 6.14. The molecule has 0 aliphatic rings. The van der Waals surface area contributed by atoms with E-state index in [9.17, 15) is 0 Å². The predicted molar refractivity (Wildman–Crippen MR) is 89.3 cm³/mol. The summed E-state index contributed by atoms with van der Waals surface area (Å²) in [5.74, 6) is 1.21. The van der Waals surface area contributed by atoms with Crippen LogP contribution in [-0.4, -0.2) is 16.0 Å². The zero-order valence-electron chi connectivity index (χ0n) is 12.4. The molecule has 1 aromatic carbocycles. The van der Waals surface area contributed by atoms with Crippen LogP contribution in [-0.2, 0) is 0 Å². The molecule has 21 heavy (non-hydrogen) atoms. The van der Waals surface area contributed by atoms with Gasteiger partial charge in [-0.05, 0) is 38.0 Å². The molecule has 0 spiro atoms. The Labute approximate surface area is 129 Å². The molecule has 0 fully saturated rings. The summed E-state index contributed by atoms with van der Waals surface area (Å²) in [6.07, 6.45) is 2.48. The molecule has 6 heteroatoms. The first kappa shape index (κ1) is 15.4. The number of nitrogen functional groups attached to an aromatic ring is 1. The maximum Gasteiger partial charge on any atom is 0.159 e. The van der Waals surface area contributed by atoms with E-state index in [-0.39, 0.29) is 0 Å². The number of benzene rings is 1. The second-order valence-electron chi connectivity index (χ2n) is 4.98. The fraction of sp³-hybridized carbons (Fsp3) is 0.333. The van der Waals surface area contributed by atoms with Crippen molar-refractivity contribution < 1.29 is 0 Å². The maximum absolute atomic E-state index is 6.14. The fourth-order valence-electron chi connectivity index (χ4n) is 1.82. The summed E-state index contributed by atoms with van der Waals surface area (Å²) in [4.78, 5) is 8.40. The van der Waals surface area contributed by atoms with Crippen molar-refractivity contribution >= 4 is 34.6 Å². The molecule has 1 heterocycles. The van der Waals surface area contributed by atoms with E-state index in [4.69, 9.17) is 17.3 Å². The summed E-state index contributed by atoms with van der Waals surface area (Å²) in [7, 11) is 0. The van der Waals surface area contributed by atoms with Gasteiger partial charge in [-0.3, -0.25) is 0 Å². The van der Waals surface area contributed by atoms with Crippen LogP contribution in [0.1, 0.15) is 25.8 Å². The number of aromatic nitrogens is 2. The van der Waals surface area contributed by atoms with Crippen LogP contribution in [0, 0.1) is 6.92 Å². The van der Waals surface area contributed by atoms with Crippen LogP contribution < -0.4 is 16.4 Å². The molecule has 1 unspecified atom stereocenters. The second kappa shape index (κ2) is 6.63. The highest BCUT2D eigenvalue weighted by molar-refractivity contribution is 6.31. The topological polar surface area (TPSA) is 75.9 Å². The summed E-state index contributed by atoms with van der Waals surface area (Å²) in [5.41, 5.74) is 8.47. The molecule has 0 radical (unpaired) electrons. The monoisotopic (exact) mass is 305 g/mol. The summed E-state index contributed by atoms with van der Waals surface area (Å²) in [5, 5.41) is 7.18. The smallest absolute Gasteiger partial charge is 0.159 e. The van der Waals surface area contributed by atoms with E-state index in [1.165, 1.54) is 6.33 Å². The minimum Gasteiger partial charge on any atom is -0.393 e. The molecule has 0 aliphatic carbocycles. The summed E-state index contributed by atoms with van der Waals surface area (Å²) < 4.78 is 0. The molecular formula is C15H20ClN5. The van der Waals surface area contributed by atoms with Crippen molar-refractivity contribution in [1.29, 1.82) is 0 Å². The minimum absolute atomic E-state index is 0.294. The normalized spacial score (nSPS) is 12.0. The van der Waals surface area contributed by atoms with Gasteiger partial charge in [0, 0.05) is 16.8 Å². The lowest BCUT2D eigenvalue weighted by molar-refractivity contribution is 0.759. The molecule has 112 valence electrons. The van der Waals surface area contributed by atoms with Gasteiger partial charge in [0.15, 0.2) is 11.6 Å². The van der Waals surface area contributed by atoms with Crippen molar-refractivity contribution in [2.24, 2.45) is 0 Å². The zero-order chi connectivity index (χ0) is 15.4. The van der Waals surface area contributed by atoms with Gasteiger partial charge < -0.3 is 16.4 Å². The van der Waals surface area contributed by atoms with Gasteiger partial charge in [-0.15, -0.1) is 0 Å². The quantitative estimate of drug-likeness (QED) is 0.779. The third-order valence-corrected chi connectivity index (χ3v) is 3.81. The van der Waals surface area contributed by atoms with E-state index >= 15 is 0 Å². The fourth-order valence-corrected chi connectivity index (χ4v) is 1.99.